The van der Waals surface area contributed by atoms with Gasteiger partial charge in [0.15, 0.2) is 8.32 Å². The van der Waals surface area contributed by atoms with Crippen molar-refractivity contribution in [1.29, 1.82) is 0 Å². The number of benzene rings is 1. The van der Waals surface area contributed by atoms with E-state index < -0.39 is 8.32 Å². The average molecular weight is 250 g/mol. The lowest BCUT2D eigenvalue weighted by molar-refractivity contribution is 0.209. The first kappa shape index (κ1) is 14.5. The molecule has 2 heteroatoms. The van der Waals surface area contributed by atoms with Gasteiger partial charge >= 0.3 is 0 Å². The maximum absolute atomic E-state index is 6.49. The van der Waals surface area contributed by atoms with Crippen LogP contribution >= 0.6 is 0 Å². The number of hydrogen-bond donors (Lipinski definition) is 0. The van der Waals surface area contributed by atoms with Crippen molar-refractivity contribution in [3.05, 3.63) is 35.4 Å². The van der Waals surface area contributed by atoms with E-state index in [2.05, 4.69) is 58.9 Å². The van der Waals surface area contributed by atoms with E-state index in [-0.39, 0.29) is 6.10 Å². The number of hydrogen-bond acceptors (Lipinski definition) is 1. The summed E-state index contributed by atoms with van der Waals surface area (Å²) in [5.41, 5.74) is 2.69. The van der Waals surface area contributed by atoms with Gasteiger partial charge in [0.2, 0.25) is 0 Å². The second kappa shape index (κ2) is 6.36. The highest BCUT2D eigenvalue weighted by atomic mass is 28.4. The predicted octanol–water partition coefficient (Wildman–Crippen LogP) is 5.08. The molecule has 0 aliphatic heterocycles. The molecule has 0 heterocycles. The van der Waals surface area contributed by atoms with Crippen LogP contribution in [0.2, 0.25) is 18.1 Å². The normalized spacial score (nSPS) is 13.7. The summed E-state index contributed by atoms with van der Waals surface area (Å²) in [4.78, 5) is 0. The zero-order valence-electron chi connectivity index (χ0n) is 11.9. The highest BCUT2D eigenvalue weighted by Gasteiger charge is 2.31. The summed E-state index contributed by atoms with van der Waals surface area (Å²) >= 11 is 0. The van der Waals surface area contributed by atoms with Crippen molar-refractivity contribution in [2.45, 2.75) is 58.9 Å². The predicted molar refractivity (Wildman–Crippen MR) is 77.9 cm³/mol. The second-order valence-corrected chi connectivity index (χ2v) is 9.58. The van der Waals surface area contributed by atoms with E-state index in [1.54, 1.807) is 0 Å². The number of aryl methyl sites for hydroxylation is 1. The third kappa shape index (κ3) is 3.43. The van der Waals surface area contributed by atoms with Gasteiger partial charge in [-0.15, -0.1) is 0 Å². The molecule has 0 aliphatic rings. The van der Waals surface area contributed by atoms with Crippen LogP contribution in [0.5, 0.6) is 0 Å². The van der Waals surface area contributed by atoms with E-state index in [9.17, 15) is 0 Å². The molecular weight excluding hydrogens is 224 g/mol. The van der Waals surface area contributed by atoms with Crippen LogP contribution < -0.4 is 0 Å². The fourth-order valence-corrected chi connectivity index (χ4v) is 5.36. The van der Waals surface area contributed by atoms with Crippen LogP contribution in [-0.4, -0.2) is 8.32 Å². The molecule has 1 unspecified atom stereocenters. The minimum Gasteiger partial charge on any atom is -0.410 e. The van der Waals surface area contributed by atoms with Gasteiger partial charge in [-0.2, -0.15) is 0 Å². The van der Waals surface area contributed by atoms with Gasteiger partial charge in [-0.25, -0.2) is 0 Å². The Morgan fingerprint density at radius 3 is 2.06 bits per heavy atom. The van der Waals surface area contributed by atoms with E-state index in [0.29, 0.717) is 0 Å². The molecular formula is C15H26OSi. The topological polar surface area (TPSA) is 9.23 Å². The molecule has 0 fully saturated rings. The Hall–Kier alpha value is -0.603. The highest BCUT2D eigenvalue weighted by molar-refractivity contribution is 6.73. The van der Waals surface area contributed by atoms with Crippen molar-refractivity contribution in [2.24, 2.45) is 0 Å². The lowest BCUT2D eigenvalue weighted by Gasteiger charge is -2.32. The second-order valence-electron chi connectivity index (χ2n) is 4.86. The Morgan fingerprint density at radius 2 is 1.59 bits per heavy atom. The quantitative estimate of drug-likeness (QED) is 0.640. The molecule has 0 saturated carbocycles. The molecule has 1 rings (SSSR count). The zero-order chi connectivity index (χ0) is 12.9. The van der Waals surface area contributed by atoms with Gasteiger partial charge in [0.05, 0.1) is 6.10 Å². The molecule has 0 aromatic heterocycles. The Kier molecular flexibility index (Phi) is 5.41. The maximum Gasteiger partial charge on any atom is 0.192 e. The van der Waals surface area contributed by atoms with Crippen LogP contribution in [0.15, 0.2) is 24.3 Å². The first-order valence-corrected chi connectivity index (χ1v) is 9.34. The first-order valence-electron chi connectivity index (χ1n) is 6.82. The van der Waals surface area contributed by atoms with Crippen LogP contribution in [0, 0.1) is 6.92 Å². The van der Waals surface area contributed by atoms with Crippen molar-refractivity contribution >= 4 is 8.32 Å². The molecule has 0 spiro atoms. The Balaban J connectivity index is 2.84. The Labute approximate surface area is 107 Å². The van der Waals surface area contributed by atoms with E-state index in [4.69, 9.17) is 4.43 Å². The van der Waals surface area contributed by atoms with Crippen LogP contribution in [0.25, 0.3) is 0 Å². The monoisotopic (exact) mass is 250 g/mol. The van der Waals surface area contributed by atoms with Crippen molar-refractivity contribution in [2.75, 3.05) is 0 Å². The molecule has 0 radical (unpaired) electrons. The van der Waals surface area contributed by atoms with Crippen LogP contribution in [0.4, 0.5) is 0 Å². The lowest BCUT2D eigenvalue weighted by Crippen LogP contribution is -2.36. The maximum atomic E-state index is 6.49. The third-order valence-corrected chi connectivity index (χ3v) is 8.71. The smallest absolute Gasteiger partial charge is 0.192 e. The van der Waals surface area contributed by atoms with Gasteiger partial charge in [0.1, 0.15) is 0 Å². The van der Waals surface area contributed by atoms with Gasteiger partial charge in [0.25, 0.3) is 0 Å². The molecule has 96 valence electrons. The third-order valence-electron chi connectivity index (χ3n) is 3.99. The highest BCUT2D eigenvalue weighted by Crippen LogP contribution is 2.30. The fraction of sp³-hybridized carbons (Fsp3) is 0.600. The summed E-state index contributed by atoms with van der Waals surface area (Å²) in [6.07, 6.45) is 0.239. The van der Waals surface area contributed by atoms with Crippen molar-refractivity contribution in [1.82, 2.24) is 0 Å². The Morgan fingerprint density at radius 1 is 1.06 bits per heavy atom. The lowest BCUT2D eigenvalue weighted by atomic mass is 10.1. The molecule has 0 amide bonds. The minimum absolute atomic E-state index is 0.239. The van der Waals surface area contributed by atoms with E-state index in [1.165, 1.54) is 29.3 Å². The molecule has 1 atom stereocenters. The molecule has 1 aromatic carbocycles. The van der Waals surface area contributed by atoms with Crippen molar-refractivity contribution in [3.63, 3.8) is 0 Å². The van der Waals surface area contributed by atoms with Crippen LogP contribution in [0.1, 0.15) is 44.9 Å². The summed E-state index contributed by atoms with van der Waals surface area (Å²) in [6, 6.07) is 12.2. The minimum atomic E-state index is -1.49. The molecule has 0 aliphatic carbocycles. The largest absolute Gasteiger partial charge is 0.410 e. The van der Waals surface area contributed by atoms with Gasteiger partial charge in [0, 0.05) is 0 Å². The molecule has 0 saturated heterocycles. The standard InChI is InChI=1S/C15H26OSi/c1-6-17(7-2,8-3)16-14(5)15-12-10-9-11-13(15)4/h9-12,14H,6-8H2,1-5H3. The molecule has 1 aromatic rings. The van der Waals surface area contributed by atoms with E-state index in [0.717, 1.165) is 0 Å². The average Bonchev–Trinajstić information content (AvgIpc) is 2.36. The molecule has 0 bridgehead atoms. The number of rotatable bonds is 6. The summed E-state index contributed by atoms with van der Waals surface area (Å²) in [5.74, 6) is 0. The van der Waals surface area contributed by atoms with Crippen LogP contribution in [0.3, 0.4) is 0 Å². The SMILES string of the molecule is CC[Si](CC)(CC)OC(C)c1ccccc1C. The van der Waals surface area contributed by atoms with Gasteiger partial charge in [-0.3, -0.25) is 0 Å². The summed E-state index contributed by atoms with van der Waals surface area (Å²) in [7, 11) is -1.49. The molecule has 1 nitrogen and oxygen atoms in total. The van der Waals surface area contributed by atoms with E-state index >= 15 is 0 Å². The Bertz CT molecular complexity index is 336. The first-order chi connectivity index (χ1) is 8.08. The fourth-order valence-electron chi connectivity index (χ4n) is 2.48. The molecule has 17 heavy (non-hydrogen) atoms. The van der Waals surface area contributed by atoms with Crippen molar-refractivity contribution < 1.29 is 4.43 Å². The van der Waals surface area contributed by atoms with Gasteiger partial charge < -0.3 is 4.43 Å². The van der Waals surface area contributed by atoms with Crippen LogP contribution in [-0.2, 0) is 4.43 Å². The molecule has 0 N–H and O–H groups in total. The van der Waals surface area contributed by atoms with E-state index in [1.807, 2.05) is 0 Å². The summed E-state index contributed by atoms with van der Waals surface area (Å²) in [5, 5.41) is 0. The summed E-state index contributed by atoms with van der Waals surface area (Å²) in [6.45, 7) is 11.2. The van der Waals surface area contributed by atoms with Gasteiger partial charge in [-0.05, 0) is 43.1 Å². The summed E-state index contributed by atoms with van der Waals surface area (Å²) < 4.78 is 6.49. The van der Waals surface area contributed by atoms with Crippen molar-refractivity contribution in [3.8, 4) is 0 Å². The zero-order valence-corrected chi connectivity index (χ0v) is 12.9. The van der Waals surface area contributed by atoms with Gasteiger partial charge in [-0.1, -0.05) is 45.0 Å².